The Morgan fingerprint density at radius 3 is 0.819 bits per heavy atom. The van der Waals surface area contributed by atoms with Crippen LogP contribution in [-0.4, -0.2) is 48.3 Å². The van der Waals surface area contributed by atoms with Crippen LogP contribution < -0.4 is 41.9 Å². The number of aromatic nitrogens is 1. The summed E-state index contributed by atoms with van der Waals surface area (Å²) in [6.45, 7) is 72.3. The van der Waals surface area contributed by atoms with Gasteiger partial charge < -0.3 is 17.4 Å². The van der Waals surface area contributed by atoms with Crippen molar-refractivity contribution in [1.82, 2.24) is 4.98 Å². The molecule has 0 saturated carbocycles. The van der Waals surface area contributed by atoms with E-state index >= 15 is 0 Å². The van der Waals surface area contributed by atoms with Crippen LogP contribution in [0.15, 0.2) is 158 Å². The van der Waals surface area contributed by atoms with Gasteiger partial charge in [0.2, 0.25) is 0 Å². The van der Waals surface area contributed by atoms with Gasteiger partial charge in [-0.05, 0) is 168 Å². The van der Waals surface area contributed by atoms with Gasteiger partial charge in [-0.15, -0.1) is 20.8 Å². The molecule has 8 aromatic carbocycles. The molecule has 0 bridgehead atoms. The topological polar surface area (TPSA) is 84.5 Å². The fraction of sp³-hybridized carbons (Fsp3) is 0.471. The van der Waals surface area contributed by atoms with Gasteiger partial charge in [0, 0.05) is 44.6 Å². The monoisotopic (exact) mass is 1790 g/mol. The van der Waals surface area contributed by atoms with Crippen LogP contribution >= 0.6 is 9.19 Å². The van der Waals surface area contributed by atoms with Crippen LogP contribution in [0.2, 0.25) is 0 Å². The molecule has 3 aliphatic rings. The summed E-state index contributed by atoms with van der Waals surface area (Å²) in [6, 6.07) is 56.0. The van der Waals surface area contributed by atoms with Crippen LogP contribution in [0.1, 0.15) is 345 Å². The van der Waals surface area contributed by atoms with Gasteiger partial charge in [-0.3, -0.25) is 9.59 Å². The molecule has 1 radical (unpaired) electrons. The Morgan fingerprint density at radius 1 is 0.328 bits per heavy atom. The molecule has 0 N–H and O–H groups in total. The number of nitrogens with zero attached hydrogens (tertiary/aromatic N) is 7. The average molecular weight is 1800 g/mol. The van der Waals surface area contributed by atoms with Crippen LogP contribution in [0.25, 0.3) is 21.8 Å². The minimum Gasteiger partial charge on any atom is -0.657 e. The smallest absolute Gasteiger partial charge is 0.0343 e. The molecule has 0 spiro atoms. The number of carbonyl (C=O) groups excluding carboxylic acids is 3. The SMILES string of the molecule is CC(C)c1cccc(C(C)C)c1N1C=[N+](c2c(C(C)C)cccc2C(C)C)CC(C)(C)C1=O.CC(C)c1cccc(C(C)C)c1N1[CH+]N(c2c(C(C)C)cccc2C(C)C)C(=O)C(C)(C)C1.CC(C)c1cccc(C(C)C)c1N1[CH+]N(c2c(C(C)C)cccc2C(C)C)C(=O)C(C)(C)C1.[Ag].[Cl-].[Cl][Ag].c1ccc2c(c1)[n-]c1ccccc12. The summed E-state index contributed by atoms with van der Waals surface area (Å²) in [6.07, 6.45) is 2.09. The van der Waals surface area contributed by atoms with Crippen molar-refractivity contribution in [3.05, 3.63) is 238 Å². The van der Waals surface area contributed by atoms with Gasteiger partial charge in [0.15, 0.2) is 0 Å². The predicted octanol–water partition coefficient (Wildman–Crippen LogP) is 24.9. The fourth-order valence-electron chi connectivity index (χ4n) is 16.7. The molecule has 10 nitrogen and oxygen atoms in total. The third-order valence-electron chi connectivity index (χ3n) is 22.8. The molecule has 0 aliphatic carbocycles. The molecule has 0 atom stereocenters. The molecule has 14 heteroatoms. The van der Waals surface area contributed by atoms with Crippen LogP contribution in [0, 0.1) is 29.6 Å². The minimum absolute atomic E-state index is 0. The second-order valence-electron chi connectivity index (χ2n) is 37.6. The molecule has 4 heterocycles. The Bertz CT molecular complexity index is 4470. The van der Waals surface area contributed by atoms with Crippen molar-refractivity contribution >= 4 is 89.2 Å². The van der Waals surface area contributed by atoms with Crippen LogP contribution in [0.4, 0.5) is 34.1 Å². The summed E-state index contributed by atoms with van der Waals surface area (Å²) in [5, 5.41) is 2.50. The van der Waals surface area contributed by atoms with Gasteiger partial charge in [-0.25, -0.2) is 9.37 Å². The zero-order valence-corrected chi connectivity index (χ0v) is 80.0. The summed E-state index contributed by atoms with van der Waals surface area (Å²) in [5.41, 5.74) is 23.0. The van der Waals surface area contributed by atoms with Crippen molar-refractivity contribution in [1.29, 1.82) is 0 Å². The summed E-state index contributed by atoms with van der Waals surface area (Å²) >= 11 is 2.42. The van der Waals surface area contributed by atoms with Crippen molar-refractivity contribution < 1.29 is 73.7 Å². The number of hydrogen-bond acceptors (Lipinski definition) is 5. The maximum atomic E-state index is 13.9. The van der Waals surface area contributed by atoms with Gasteiger partial charge in [-0.1, -0.05) is 324 Å². The number of fused-ring (bicyclic) bond motifs is 3. The molecule has 633 valence electrons. The Morgan fingerprint density at radius 2 is 0.560 bits per heavy atom. The molecule has 1 aromatic heterocycles. The summed E-state index contributed by atoms with van der Waals surface area (Å²) in [4.78, 5) is 56.8. The number of rotatable bonds is 18. The van der Waals surface area contributed by atoms with Crippen LogP contribution in [0.3, 0.4) is 0 Å². The Balaban J connectivity index is 0.000000245. The van der Waals surface area contributed by atoms with E-state index < -0.39 is 16.2 Å². The van der Waals surface area contributed by atoms with E-state index in [1.807, 2.05) is 26.8 Å². The minimum atomic E-state index is -0.509. The summed E-state index contributed by atoms with van der Waals surface area (Å²) in [7, 11) is 4.45. The fourth-order valence-corrected chi connectivity index (χ4v) is 16.7. The first-order valence-electron chi connectivity index (χ1n) is 42.2. The number of halogens is 2. The second-order valence-corrected chi connectivity index (χ2v) is 37.6. The van der Waals surface area contributed by atoms with Gasteiger partial charge in [0.05, 0.1) is 46.7 Å². The van der Waals surface area contributed by atoms with Gasteiger partial charge in [0.25, 0.3) is 18.2 Å². The zero-order chi connectivity index (χ0) is 84.7. The molecule has 9 aromatic rings. The van der Waals surface area contributed by atoms with Gasteiger partial charge in [-0.2, -0.15) is 14.7 Å². The molecule has 3 aliphatic heterocycles. The quantitative estimate of drug-likeness (QED) is 0.0483. The number of anilines is 5. The molecule has 2 fully saturated rings. The first-order chi connectivity index (χ1) is 53.5. The van der Waals surface area contributed by atoms with Crippen molar-refractivity contribution in [3.8, 4) is 0 Å². The number of carbonyl (C=O) groups is 3. The van der Waals surface area contributed by atoms with E-state index in [-0.39, 0.29) is 52.5 Å². The molecule has 12 rings (SSSR count). The largest absolute Gasteiger partial charge is 0.657 e. The third kappa shape index (κ3) is 21.6. The molecule has 2 saturated heterocycles. The van der Waals surface area contributed by atoms with Gasteiger partial charge in [0.1, 0.15) is 23.3 Å². The standard InChI is InChI=1S/3C30H43N2O.C12H8N.2Ag.2ClH/c3*1-19(2)23-13-11-14-24(20(3)4)27(23)31-17-30(9,10)29(33)32(18-31)28-25(21(5)6)15-12-16-26(28)22(7)8;1-3-7-11-9(5-1)10-6-2-4-8-12(10)13-11;;;;/h3*11-16,18-22H,17H2,1-10H3;1-8H;;;2*1H/q3*+1;-1;;+1;;/p-2. The van der Waals surface area contributed by atoms with E-state index in [1.54, 1.807) is 0 Å². The summed E-state index contributed by atoms with van der Waals surface area (Å²) < 4.78 is 2.35. The molecule has 3 amide bonds. The maximum Gasteiger partial charge on any atom is -0.0343 e. The number of para-hydroxylation sites is 8. The normalized spacial score (nSPS) is 15.3. The Labute approximate surface area is 738 Å². The number of hydrogen-bond donors (Lipinski definition) is 0. The van der Waals surface area contributed by atoms with Crippen LogP contribution in [0.5, 0.6) is 0 Å². The second kappa shape index (κ2) is 41.3. The Hall–Kier alpha value is -6.96. The number of amides is 3. The van der Waals surface area contributed by atoms with Crippen molar-refractivity contribution in [2.24, 2.45) is 16.2 Å². The van der Waals surface area contributed by atoms with E-state index in [4.69, 9.17) is 0 Å². The first kappa shape index (κ1) is 97.9. The average Bonchev–Trinajstić information content (AvgIpc) is 0.964. The Kier molecular flexibility index (Phi) is 34.9. The van der Waals surface area contributed by atoms with E-state index in [0.29, 0.717) is 90.6 Å². The molecular formula is C102H137Ag2Cl2N7O3+. The molecular weight excluding hydrogens is 1660 g/mol. The zero-order valence-electron chi connectivity index (χ0n) is 75.5. The van der Waals surface area contributed by atoms with E-state index in [0.717, 1.165) is 28.1 Å². The number of benzene rings is 8. The van der Waals surface area contributed by atoms with Gasteiger partial charge >= 0.3 is 48.4 Å². The van der Waals surface area contributed by atoms with Crippen molar-refractivity contribution in [2.75, 3.05) is 44.1 Å². The molecule has 116 heavy (non-hydrogen) atoms. The van der Waals surface area contributed by atoms with Crippen molar-refractivity contribution in [3.63, 3.8) is 0 Å². The third-order valence-corrected chi connectivity index (χ3v) is 22.8. The van der Waals surface area contributed by atoms with E-state index in [2.05, 4.69) is 422 Å². The van der Waals surface area contributed by atoms with E-state index in [9.17, 15) is 14.4 Å². The van der Waals surface area contributed by atoms with Crippen LogP contribution in [-0.2, 0) is 56.8 Å². The maximum absolute atomic E-state index is 13.9. The molecule has 0 unspecified atom stereocenters. The predicted molar refractivity (Wildman–Crippen MR) is 486 cm³/mol. The first-order valence-corrected chi connectivity index (χ1v) is 44.1. The summed E-state index contributed by atoms with van der Waals surface area (Å²) in [5.74, 6) is 4.86. The van der Waals surface area contributed by atoms with E-state index in [1.165, 1.54) is 94.6 Å². The van der Waals surface area contributed by atoms with Crippen molar-refractivity contribution in [2.45, 2.75) is 279 Å².